The first kappa shape index (κ1) is 15.0. The molecule has 0 fully saturated rings. The predicted molar refractivity (Wildman–Crippen MR) is 78.0 cm³/mol. The summed E-state index contributed by atoms with van der Waals surface area (Å²) >= 11 is 0. The van der Waals surface area contributed by atoms with E-state index in [9.17, 15) is 19.5 Å². The smallest absolute Gasteiger partial charge is 0.316 e. The molecule has 0 bridgehead atoms. The molecule has 1 heterocycles. The van der Waals surface area contributed by atoms with Crippen LogP contribution in [-0.4, -0.2) is 29.4 Å². The summed E-state index contributed by atoms with van der Waals surface area (Å²) in [5, 5.41) is 12.0. The van der Waals surface area contributed by atoms with Gasteiger partial charge in [-0.1, -0.05) is 32.9 Å². The van der Waals surface area contributed by atoms with Crippen LogP contribution in [0.4, 0.5) is 11.4 Å². The molecule has 6 nitrogen and oxygen atoms in total. The van der Waals surface area contributed by atoms with Gasteiger partial charge in [-0.3, -0.25) is 14.4 Å². The number of carboxylic acid groups (broad SMARTS) is 1. The molecule has 1 aliphatic heterocycles. The summed E-state index contributed by atoms with van der Waals surface area (Å²) in [6, 6.07) is 6.85. The predicted octanol–water partition coefficient (Wildman–Crippen LogP) is 1.72. The van der Waals surface area contributed by atoms with Crippen molar-refractivity contribution < 1.29 is 19.5 Å². The van der Waals surface area contributed by atoms with E-state index in [1.165, 1.54) is 4.90 Å². The maximum absolute atomic E-state index is 12.7. The molecular weight excluding hydrogens is 272 g/mol. The molecule has 0 spiro atoms. The number of aliphatic carboxylic acids is 1. The molecule has 2 amide bonds. The van der Waals surface area contributed by atoms with Gasteiger partial charge in [-0.05, 0) is 17.5 Å². The lowest BCUT2D eigenvalue weighted by atomic mass is 9.79. The third-order valence-corrected chi connectivity index (χ3v) is 3.40. The Kier molecular flexibility index (Phi) is 3.72. The lowest BCUT2D eigenvalue weighted by molar-refractivity contribution is -0.150. The van der Waals surface area contributed by atoms with Crippen molar-refractivity contribution in [1.29, 1.82) is 0 Å². The number of para-hydroxylation sites is 2. The highest BCUT2D eigenvalue weighted by Crippen LogP contribution is 2.34. The molecule has 6 heteroatoms. The number of carboxylic acids is 1. The fraction of sp³-hybridized carbons (Fsp3) is 0.400. The second kappa shape index (κ2) is 5.20. The molecule has 2 N–H and O–H groups in total. The van der Waals surface area contributed by atoms with Crippen LogP contribution in [0.5, 0.6) is 0 Å². The fourth-order valence-corrected chi connectivity index (χ4v) is 2.43. The number of benzene rings is 1. The number of hydrogen-bond donors (Lipinski definition) is 2. The zero-order valence-corrected chi connectivity index (χ0v) is 12.2. The Balaban J connectivity index is 2.44. The molecule has 0 aliphatic carbocycles. The normalized spacial score (nSPS) is 16.0. The quantitative estimate of drug-likeness (QED) is 0.812. The summed E-state index contributed by atoms with van der Waals surface area (Å²) in [7, 11) is 0. The standard InChI is InChI=1S/C15H18N2O4/c1-15(2,3)12(14(20)21)13(19)17-8-11(18)16-9-6-4-5-7-10(9)17/h4-7,12H,8H2,1-3H3,(H,16,18)(H,20,21). The van der Waals surface area contributed by atoms with Crippen LogP contribution in [0.15, 0.2) is 24.3 Å². The zero-order valence-electron chi connectivity index (χ0n) is 12.2. The highest BCUT2D eigenvalue weighted by atomic mass is 16.4. The average Bonchev–Trinajstić information content (AvgIpc) is 2.35. The second-order valence-electron chi connectivity index (χ2n) is 6.13. The van der Waals surface area contributed by atoms with Crippen LogP contribution in [0.3, 0.4) is 0 Å². The van der Waals surface area contributed by atoms with Crippen LogP contribution in [0.1, 0.15) is 20.8 Å². The Labute approximate surface area is 122 Å². The highest BCUT2D eigenvalue weighted by Gasteiger charge is 2.42. The second-order valence-corrected chi connectivity index (χ2v) is 6.13. The first-order valence-corrected chi connectivity index (χ1v) is 6.65. The van der Waals surface area contributed by atoms with Gasteiger partial charge in [0.1, 0.15) is 12.5 Å². The van der Waals surface area contributed by atoms with Gasteiger partial charge in [0.25, 0.3) is 0 Å². The third kappa shape index (κ3) is 2.89. The molecule has 1 aromatic rings. The number of anilines is 2. The van der Waals surface area contributed by atoms with Gasteiger partial charge in [0.15, 0.2) is 0 Å². The molecule has 1 atom stereocenters. The van der Waals surface area contributed by atoms with Crippen molar-refractivity contribution in [3.63, 3.8) is 0 Å². The maximum atomic E-state index is 12.7. The van der Waals surface area contributed by atoms with E-state index in [4.69, 9.17) is 0 Å². The maximum Gasteiger partial charge on any atom is 0.316 e. The Morgan fingerprint density at radius 3 is 2.48 bits per heavy atom. The summed E-state index contributed by atoms with van der Waals surface area (Å²) in [5.41, 5.74) is 0.295. The molecule has 0 radical (unpaired) electrons. The van der Waals surface area contributed by atoms with E-state index in [2.05, 4.69) is 5.32 Å². The first-order chi connectivity index (χ1) is 9.71. The number of nitrogens with zero attached hydrogens (tertiary/aromatic N) is 1. The van der Waals surface area contributed by atoms with Gasteiger partial charge in [-0.15, -0.1) is 0 Å². The van der Waals surface area contributed by atoms with Crippen molar-refractivity contribution >= 4 is 29.2 Å². The molecule has 0 saturated heterocycles. The van der Waals surface area contributed by atoms with Crippen LogP contribution < -0.4 is 10.2 Å². The van der Waals surface area contributed by atoms with Crippen LogP contribution in [0, 0.1) is 11.3 Å². The summed E-state index contributed by atoms with van der Waals surface area (Å²) in [6.07, 6.45) is 0. The Morgan fingerprint density at radius 2 is 1.90 bits per heavy atom. The van der Waals surface area contributed by atoms with Gasteiger partial charge in [0.2, 0.25) is 11.8 Å². The summed E-state index contributed by atoms with van der Waals surface area (Å²) in [6.45, 7) is 4.91. The molecule has 1 unspecified atom stereocenters. The summed E-state index contributed by atoms with van der Waals surface area (Å²) < 4.78 is 0. The lowest BCUT2D eigenvalue weighted by Crippen LogP contribution is -2.49. The lowest BCUT2D eigenvalue weighted by Gasteiger charge is -2.34. The van der Waals surface area contributed by atoms with E-state index in [1.807, 2.05) is 0 Å². The van der Waals surface area contributed by atoms with Gasteiger partial charge in [-0.25, -0.2) is 0 Å². The molecule has 2 rings (SSSR count). The number of carbonyl (C=O) groups excluding carboxylic acids is 2. The molecule has 112 valence electrons. The minimum atomic E-state index is -1.21. The average molecular weight is 290 g/mol. The van der Waals surface area contributed by atoms with Crippen molar-refractivity contribution in [1.82, 2.24) is 0 Å². The monoisotopic (exact) mass is 290 g/mol. The Morgan fingerprint density at radius 1 is 1.29 bits per heavy atom. The van der Waals surface area contributed by atoms with Gasteiger partial charge in [-0.2, -0.15) is 0 Å². The number of hydrogen-bond acceptors (Lipinski definition) is 3. The van der Waals surface area contributed by atoms with Crippen molar-refractivity contribution in [3.8, 4) is 0 Å². The number of fused-ring (bicyclic) bond motifs is 1. The van der Waals surface area contributed by atoms with Crippen LogP contribution >= 0.6 is 0 Å². The summed E-state index contributed by atoms with van der Waals surface area (Å²) in [5.74, 6) is -3.30. The topological polar surface area (TPSA) is 86.7 Å². The molecule has 0 aromatic heterocycles. The van der Waals surface area contributed by atoms with Crippen molar-refractivity contribution in [2.24, 2.45) is 11.3 Å². The van der Waals surface area contributed by atoms with Crippen molar-refractivity contribution in [3.05, 3.63) is 24.3 Å². The SMILES string of the molecule is CC(C)(C)C(C(=O)O)C(=O)N1CC(=O)Nc2ccccc21. The van der Waals surface area contributed by atoms with Gasteiger partial charge in [0.05, 0.1) is 11.4 Å². The van der Waals surface area contributed by atoms with Crippen LogP contribution in [-0.2, 0) is 14.4 Å². The van der Waals surface area contributed by atoms with E-state index in [1.54, 1.807) is 45.0 Å². The van der Waals surface area contributed by atoms with E-state index in [-0.39, 0.29) is 12.5 Å². The van der Waals surface area contributed by atoms with Crippen molar-refractivity contribution in [2.45, 2.75) is 20.8 Å². The molecule has 1 aromatic carbocycles. The van der Waals surface area contributed by atoms with E-state index >= 15 is 0 Å². The molecule has 0 saturated carbocycles. The zero-order chi connectivity index (χ0) is 15.8. The van der Waals surface area contributed by atoms with Gasteiger partial charge >= 0.3 is 5.97 Å². The minimum absolute atomic E-state index is 0.171. The van der Waals surface area contributed by atoms with E-state index < -0.39 is 23.2 Å². The van der Waals surface area contributed by atoms with E-state index in [0.717, 1.165) is 0 Å². The molecule has 1 aliphatic rings. The summed E-state index contributed by atoms with van der Waals surface area (Å²) in [4.78, 5) is 37.1. The largest absolute Gasteiger partial charge is 0.481 e. The van der Waals surface area contributed by atoms with Crippen LogP contribution in [0.25, 0.3) is 0 Å². The van der Waals surface area contributed by atoms with E-state index in [0.29, 0.717) is 11.4 Å². The third-order valence-electron chi connectivity index (χ3n) is 3.40. The Bertz CT molecular complexity index is 604. The van der Waals surface area contributed by atoms with Gasteiger partial charge < -0.3 is 15.3 Å². The Hall–Kier alpha value is -2.37. The minimum Gasteiger partial charge on any atom is -0.481 e. The van der Waals surface area contributed by atoms with Gasteiger partial charge in [0, 0.05) is 0 Å². The molecular formula is C15H18N2O4. The number of carbonyl (C=O) groups is 3. The first-order valence-electron chi connectivity index (χ1n) is 6.65. The highest BCUT2D eigenvalue weighted by molar-refractivity contribution is 6.14. The fourth-order valence-electron chi connectivity index (χ4n) is 2.43. The van der Waals surface area contributed by atoms with Crippen molar-refractivity contribution in [2.75, 3.05) is 16.8 Å². The number of rotatable bonds is 2. The van der Waals surface area contributed by atoms with Crippen LogP contribution in [0.2, 0.25) is 0 Å². The molecule has 21 heavy (non-hydrogen) atoms. The number of nitrogens with one attached hydrogen (secondary N) is 1. The number of amides is 2.